The van der Waals surface area contributed by atoms with Crippen LogP contribution in [0.15, 0.2) is 48.5 Å². The van der Waals surface area contributed by atoms with Gasteiger partial charge in [0, 0.05) is 30.9 Å². The number of ketones is 1. The number of halogens is 2. The summed E-state index contributed by atoms with van der Waals surface area (Å²) in [4.78, 5) is 26.0. The zero-order chi connectivity index (χ0) is 18.5. The number of nitrogens with zero attached hydrogens (tertiary/aromatic N) is 1. The van der Waals surface area contributed by atoms with E-state index in [1.807, 2.05) is 42.5 Å². The molecule has 2 aromatic carbocycles. The molecule has 4 rings (SSSR count). The summed E-state index contributed by atoms with van der Waals surface area (Å²) in [6, 6.07) is 15.1. The Morgan fingerprint density at radius 3 is 2.65 bits per heavy atom. The fraction of sp³-hybridized carbons (Fsp3) is 0.300. The highest BCUT2D eigenvalue weighted by Crippen LogP contribution is 2.57. The van der Waals surface area contributed by atoms with Crippen LogP contribution in [0.2, 0.25) is 5.02 Å². The molecule has 0 radical (unpaired) electrons. The monoisotopic (exact) mass is 433 g/mol. The van der Waals surface area contributed by atoms with Crippen molar-refractivity contribution in [3.8, 4) is 0 Å². The van der Waals surface area contributed by atoms with Crippen LogP contribution in [0.5, 0.6) is 0 Å². The lowest BCUT2D eigenvalue weighted by Gasteiger charge is -2.44. The zero-order valence-electron chi connectivity index (χ0n) is 14.1. The van der Waals surface area contributed by atoms with Crippen molar-refractivity contribution >= 4 is 45.1 Å². The Balaban J connectivity index is 2.00. The van der Waals surface area contributed by atoms with Crippen LogP contribution in [0.25, 0.3) is 0 Å². The van der Waals surface area contributed by atoms with E-state index in [1.54, 1.807) is 13.2 Å². The largest absolute Gasteiger partial charge is 0.379 e. The highest BCUT2D eigenvalue weighted by Gasteiger charge is 2.62. The lowest BCUT2D eigenvalue weighted by atomic mass is 9.59. The van der Waals surface area contributed by atoms with Crippen LogP contribution < -0.4 is 3.93 Å². The molecule has 6 heteroatoms. The number of para-hydroxylation sites is 1. The fourth-order valence-electron chi connectivity index (χ4n) is 4.47. The molecule has 0 aromatic heterocycles. The fourth-order valence-corrected chi connectivity index (χ4v) is 5.27. The normalized spacial score (nSPS) is 27.9. The molecule has 4 nitrogen and oxygen atoms in total. The van der Waals surface area contributed by atoms with Gasteiger partial charge in [0.15, 0.2) is 0 Å². The van der Waals surface area contributed by atoms with Crippen molar-refractivity contribution in [3.63, 3.8) is 0 Å². The Kier molecular flexibility index (Phi) is 4.41. The Bertz CT molecular complexity index is 902. The Morgan fingerprint density at radius 2 is 1.92 bits per heavy atom. The van der Waals surface area contributed by atoms with Crippen molar-refractivity contribution < 1.29 is 14.3 Å². The maximum absolute atomic E-state index is 13.5. The number of carbonyl (C=O) groups excluding carboxylic acids is 2. The first kappa shape index (κ1) is 17.7. The maximum Gasteiger partial charge on any atom is 0.251 e. The van der Waals surface area contributed by atoms with Crippen LogP contribution in [0.3, 0.4) is 0 Å². The molecule has 2 aromatic rings. The number of anilines is 1. The zero-order valence-corrected chi connectivity index (χ0v) is 16.5. The molecule has 1 aliphatic heterocycles. The van der Waals surface area contributed by atoms with E-state index < -0.39 is 11.5 Å². The first-order valence-electron chi connectivity index (χ1n) is 8.40. The van der Waals surface area contributed by atoms with Gasteiger partial charge in [0.25, 0.3) is 5.91 Å². The van der Waals surface area contributed by atoms with Gasteiger partial charge in [-0.2, -0.15) is 0 Å². The molecule has 0 N–H and O–H groups in total. The number of ether oxygens (including phenoxy) is 1. The number of rotatable bonds is 2. The molecule has 134 valence electrons. The van der Waals surface area contributed by atoms with E-state index in [4.69, 9.17) is 16.3 Å². The summed E-state index contributed by atoms with van der Waals surface area (Å²) in [6.07, 6.45) is -0.0424. The molecule has 1 aliphatic carbocycles. The van der Waals surface area contributed by atoms with Gasteiger partial charge in [0.05, 0.1) is 27.9 Å². The first-order chi connectivity index (χ1) is 12.5. The summed E-state index contributed by atoms with van der Waals surface area (Å²) >= 11 is 9.63. The molecule has 26 heavy (non-hydrogen) atoms. The van der Waals surface area contributed by atoms with Crippen LogP contribution in [-0.2, 0) is 19.7 Å². The van der Waals surface area contributed by atoms with Crippen molar-refractivity contribution in [3.05, 3.63) is 64.7 Å². The molecule has 2 aliphatic rings. The topological polar surface area (TPSA) is 46.6 Å². The SMILES string of the molecule is COC1CC(=O)CC(c2cccc(Cl)c2)C12C(=O)N(Br)c1ccccc12. The second kappa shape index (κ2) is 6.48. The van der Waals surface area contributed by atoms with Crippen molar-refractivity contribution in [2.24, 2.45) is 0 Å². The van der Waals surface area contributed by atoms with Crippen molar-refractivity contribution in [2.45, 2.75) is 30.3 Å². The van der Waals surface area contributed by atoms with Crippen LogP contribution >= 0.6 is 27.7 Å². The van der Waals surface area contributed by atoms with Gasteiger partial charge in [-0.25, -0.2) is 3.93 Å². The Hall–Kier alpha value is -1.69. The third kappa shape index (κ3) is 2.38. The van der Waals surface area contributed by atoms with Crippen molar-refractivity contribution in [1.82, 2.24) is 0 Å². The third-order valence-corrected chi connectivity index (χ3v) is 6.47. The predicted octanol–water partition coefficient (Wildman–Crippen LogP) is 4.40. The Labute approximate surface area is 165 Å². The van der Waals surface area contributed by atoms with Crippen LogP contribution in [0.4, 0.5) is 5.69 Å². The van der Waals surface area contributed by atoms with E-state index in [2.05, 4.69) is 16.1 Å². The minimum atomic E-state index is -0.965. The van der Waals surface area contributed by atoms with E-state index in [9.17, 15) is 9.59 Å². The molecule has 3 unspecified atom stereocenters. The van der Waals surface area contributed by atoms with Gasteiger partial charge in [0.2, 0.25) is 0 Å². The first-order valence-corrected chi connectivity index (χ1v) is 9.48. The number of amides is 1. The number of methoxy groups -OCH3 is 1. The summed E-state index contributed by atoms with van der Waals surface area (Å²) in [6.45, 7) is 0. The van der Waals surface area contributed by atoms with Crippen LogP contribution in [-0.4, -0.2) is 24.9 Å². The van der Waals surface area contributed by atoms with Crippen molar-refractivity contribution in [1.29, 1.82) is 0 Å². The third-order valence-electron chi connectivity index (χ3n) is 5.53. The number of hydrogen-bond acceptors (Lipinski definition) is 3. The molecule has 1 fully saturated rings. The lowest BCUT2D eigenvalue weighted by Crippen LogP contribution is -2.55. The minimum Gasteiger partial charge on any atom is -0.379 e. The number of hydrogen-bond donors (Lipinski definition) is 0. The summed E-state index contributed by atoms with van der Waals surface area (Å²) in [5.41, 5.74) is 1.58. The lowest BCUT2D eigenvalue weighted by molar-refractivity contribution is -0.138. The minimum absolute atomic E-state index is 0.0887. The summed E-state index contributed by atoms with van der Waals surface area (Å²) in [7, 11) is 1.56. The molecule has 0 saturated heterocycles. The van der Waals surface area contributed by atoms with E-state index in [1.165, 1.54) is 3.93 Å². The number of benzene rings is 2. The molecular weight excluding hydrogens is 418 g/mol. The van der Waals surface area contributed by atoms with Gasteiger partial charge >= 0.3 is 0 Å². The molecule has 1 heterocycles. The van der Waals surface area contributed by atoms with Gasteiger partial charge < -0.3 is 4.74 Å². The molecule has 1 spiro atoms. The number of carbonyl (C=O) groups is 2. The summed E-state index contributed by atoms with van der Waals surface area (Å²) in [5.74, 6) is -0.364. The van der Waals surface area contributed by atoms with Crippen LogP contribution in [0.1, 0.15) is 29.9 Å². The molecule has 3 atom stereocenters. The maximum atomic E-state index is 13.5. The van der Waals surface area contributed by atoms with E-state index in [-0.39, 0.29) is 30.4 Å². The van der Waals surface area contributed by atoms with E-state index in [0.717, 1.165) is 16.8 Å². The van der Waals surface area contributed by atoms with Crippen LogP contribution in [0, 0.1) is 0 Å². The second-order valence-electron chi connectivity index (χ2n) is 6.75. The van der Waals surface area contributed by atoms with Gasteiger partial charge in [-0.1, -0.05) is 41.9 Å². The number of fused-ring (bicyclic) bond motifs is 2. The standard InChI is InChI=1S/C20H17BrClNO3/c1-26-18-11-14(24)10-16(12-5-4-6-13(22)9-12)20(18)15-7-2-3-8-17(15)23(21)19(20)25/h2-9,16,18H,10-11H2,1H3. The number of Topliss-reactive ketones (excluding diaryl/α,β-unsaturated/α-hetero) is 1. The molecule has 1 saturated carbocycles. The average Bonchev–Trinajstić information content (AvgIpc) is 2.86. The quantitative estimate of drug-likeness (QED) is 0.658. The van der Waals surface area contributed by atoms with Gasteiger partial charge in [-0.15, -0.1) is 0 Å². The average molecular weight is 435 g/mol. The van der Waals surface area contributed by atoms with E-state index >= 15 is 0 Å². The molecule has 0 bridgehead atoms. The smallest absolute Gasteiger partial charge is 0.251 e. The molecule has 1 amide bonds. The van der Waals surface area contributed by atoms with Crippen molar-refractivity contribution in [2.75, 3.05) is 11.0 Å². The molecular formula is C20H17BrClNO3. The van der Waals surface area contributed by atoms with Gasteiger partial charge in [0.1, 0.15) is 11.2 Å². The van der Waals surface area contributed by atoms with Gasteiger partial charge in [-0.3, -0.25) is 9.59 Å². The summed E-state index contributed by atoms with van der Waals surface area (Å²) in [5, 5.41) is 0.582. The highest BCUT2D eigenvalue weighted by molar-refractivity contribution is 9.10. The summed E-state index contributed by atoms with van der Waals surface area (Å²) < 4.78 is 7.24. The highest BCUT2D eigenvalue weighted by atomic mass is 79.9. The second-order valence-corrected chi connectivity index (χ2v) is 7.90. The predicted molar refractivity (Wildman–Crippen MR) is 104 cm³/mol. The van der Waals surface area contributed by atoms with E-state index in [0.29, 0.717) is 5.02 Å². The van der Waals surface area contributed by atoms with Gasteiger partial charge in [-0.05, 0) is 29.3 Å². The Morgan fingerprint density at radius 1 is 1.15 bits per heavy atom.